The standard InChI is InChI=1S/C16H20FNS/c1-18-11-14(7-6-13-8-9-19-12-13)10-15-4-2-3-5-16(15)17/h2-5,8-9,12,14,18H,6-7,10-11H2,1H3. The van der Waals surface area contributed by atoms with E-state index in [4.69, 9.17) is 0 Å². The fourth-order valence-corrected chi connectivity index (χ4v) is 3.05. The average molecular weight is 277 g/mol. The lowest BCUT2D eigenvalue weighted by molar-refractivity contribution is 0.452. The maximum Gasteiger partial charge on any atom is 0.126 e. The number of rotatable bonds is 7. The first-order valence-corrected chi connectivity index (χ1v) is 7.63. The summed E-state index contributed by atoms with van der Waals surface area (Å²) in [4.78, 5) is 0. The van der Waals surface area contributed by atoms with Gasteiger partial charge in [-0.25, -0.2) is 4.39 Å². The molecule has 1 unspecified atom stereocenters. The molecule has 0 bridgehead atoms. The second-order valence-corrected chi connectivity index (χ2v) is 5.67. The van der Waals surface area contributed by atoms with Gasteiger partial charge in [-0.3, -0.25) is 0 Å². The molecule has 3 heteroatoms. The van der Waals surface area contributed by atoms with Gasteiger partial charge in [0.25, 0.3) is 0 Å². The summed E-state index contributed by atoms with van der Waals surface area (Å²) in [5, 5.41) is 7.52. The molecule has 0 fully saturated rings. The first kappa shape index (κ1) is 14.2. The molecule has 1 atom stereocenters. The van der Waals surface area contributed by atoms with Gasteiger partial charge in [-0.2, -0.15) is 11.3 Å². The lowest BCUT2D eigenvalue weighted by atomic mass is 9.93. The molecule has 0 aliphatic heterocycles. The van der Waals surface area contributed by atoms with E-state index in [1.165, 1.54) is 5.56 Å². The molecule has 102 valence electrons. The first-order valence-electron chi connectivity index (χ1n) is 6.68. The van der Waals surface area contributed by atoms with Crippen LogP contribution in [0, 0.1) is 11.7 Å². The van der Waals surface area contributed by atoms with Crippen molar-refractivity contribution in [2.75, 3.05) is 13.6 Å². The number of benzene rings is 1. The number of hydrogen-bond acceptors (Lipinski definition) is 2. The predicted molar refractivity (Wildman–Crippen MR) is 80.2 cm³/mol. The minimum Gasteiger partial charge on any atom is -0.319 e. The van der Waals surface area contributed by atoms with Crippen LogP contribution in [0.3, 0.4) is 0 Å². The molecule has 1 N–H and O–H groups in total. The van der Waals surface area contributed by atoms with Crippen molar-refractivity contribution in [3.8, 4) is 0 Å². The Bertz CT molecular complexity index is 481. The maximum atomic E-state index is 13.7. The van der Waals surface area contributed by atoms with Crippen LogP contribution in [0.4, 0.5) is 4.39 Å². The highest BCUT2D eigenvalue weighted by Gasteiger charge is 2.12. The third-order valence-electron chi connectivity index (χ3n) is 3.38. The zero-order valence-corrected chi connectivity index (χ0v) is 12.0. The van der Waals surface area contributed by atoms with Gasteiger partial charge in [0.05, 0.1) is 0 Å². The highest BCUT2D eigenvalue weighted by Crippen LogP contribution is 2.18. The predicted octanol–water partition coefficient (Wildman–Crippen LogP) is 3.90. The number of thiophene rings is 1. The average Bonchev–Trinajstić information content (AvgIpc) is 2.92. The fraction of sp³-hybridized carbons (Fsp3) is 0.375. The van der Waals surface area contributed by atoms with Gasteiger partial charge in [-0.05, 0) is 72.8 Å². The van der Waals surface area contributed by atoms with Crippen LogP contribution in [0.5, 0.6) is 0 Å². The quantitative estimate of drug-likeness (QED) is 0.809. The Labute approximate surface area is 118 Å². The lowest BCUT2D eigenvalue weighted by Crippen LogP contribution is -2.21. The van der Waals surface area contributed by atoms with Crippen LogP contribution in [0.25, 0.3) is 0 Å². The molecule has 0 saturated heterocycles. The zero-order chi connectivity index (χ0) is 13.5. The van der Waals surface area contributed by atoms with E-state index in [2.05, 4.69) is 22.1 Å². The van der Waals surface area contributed by atoms with Crippen LogP contribution in [-0.4, -0.2) is 13.6 Å². The molecule has 1 aromatic heterocycles. The molecular formula is C16H20FNS. The van der Waals surface area contributed by atoms with E-state index < -0.39 is 0 Å². The van der Waals surface area contributed by atoms with E-state index in [0.717, 1.165) is 31.4 Å². The second-order valence-electron chi connectivity index (χ2n) is 4.89. The Morgan fingerprint density at radius 2 is 2.11 bits per heavy atom. The summed E-state index contributed by atoms with van der Waals surface area (Å²) < 4.78 is 13.7. The number of halogens is 1. The van der Waals surface area contributed by atoms with Gasteiger partial charge in [0, 0.05) is 0 Å². The molecule has 0 aliphatic carbocycles. The fourth-order valence-electron chi connectivity index (χ4n) is 2.35. The van der Waals surface area contributed by atoms with Crippen molar-refractivity contribution in [3.63, 3.8) is 0 Å². The minimum absolute atomic E-state index is 0.0841. The first-order chi connectivity index (χ1) is 9.29. The molecule has 2 rings (SSSR count). The molecule has 1 nitrogen and oxygen atoms in total. The van der Waals surface area contributed by atoms with Crippen LogP contribution in [0.15, 0.2) is 41.1 Å². The summed E-state index contributed by atoms with van der Waals surface area (Å²) >= 11 is 1.74. The maximum absolute atomic E-state index is 13.7. The van der Waals surface area contributed by atoms with Crippen molar-refractivity contribution in [3.05, 3.63) is 58.0 Å². The molecule has 2 aromatic rings. The summed E-state index contributed by atoms with van der Waals surface area (Å²) in [7, 11) is 1.96. The summed E-state index contributed by atoms with van der Waals surface area (Å²) in [6.45, 7) is 0.929. The van der Waals surface area contributed by atoms with Crippen LogP contribution >= 0.6 is 11.3 Å². The van der Waals surface area contributed by atoms with Gasteiger partial charge in [0.15, 0.2) is 0 Å². The number of hydrogen-bond donors (Lipinski definition) is 1. The van der Waals surface area contributed by atoms with Gasteiger partial charge in [0.1, 0.15) is 5.82 Å². The molecular weight excluding hydrogens is 257 g/mol. The van der Waals surface area contributed by atoms with Crippen molar-refractivity contribution in [1.82, 2.24) is 5.32 Å². The van der Waals surface area contributed by atoms with E-state index in [9.17, 15) is 4.39 Å². The smallest absolute Gasteiger partial charge is 0.126 e. The molecule has 0 saturated carbocycles. The Hall–Kier alpha value is -1.19. The Morgan fingerprint density at radius 1 is 1.26 bits per heavy atom. The van der Waals surface area contributed by atoms with E-state index in [1.54, 1.807) is 23.5 Å². The summed E-state index contributed by atoms with van der Waals surface area (Å²) in [6.07, 6.45) is 2.97. The van der Waals surface area contributed by atoms with Gasteiger partial charge in [-0.1, -0.05) is 18.2 Å². The van der Waals surface area contributed by atoms with Crippen molar-refractivity contribution < 1.29 is 4.39 Å². The SMILES string of the molecule is CNCC(CCc1ccsc1)Cc1ccccc1F. The van der Waals surface area contributed by atoms with Gasteiger partial charge in [-0.15, -0.1) is 0 Å². The third-order valence-corrected chi connectivity index (χ3v) is 4.11. The van der Waals surface area contributed by atoms with Crippen LogP contribution < -0.4 is 5.32 Å². The van der Waals surface area contributed by atoms with Crippen molar-refractivity contribution in [1.29, 1.82) is 0 Å². The third kappa shape index (κ3) is 4.44. The van der Waals surface area contributed by atoms with E-state index >= 15 is 0 Å². The molecule has 0 amide bonds. The zero-order valence-electron chi connectivity index (χ0n) is 11.2. The summed E-state index contributed by atoms with van der Waals surface area (Å²) in [6, 6.07) is 9.27. The highest BCUT2D eigenvalue weighted by molar-refractivity contribution is 7.07. The molecule has 0 spiro atoms. The van der Waals surface area contributed by atoms with Gasteiger partial charge < -0.3 is 5.32 Å². The van der Waals surface area contributed by atoms with Crippen molar-refractivity contribution in [2.45, 2.75) is 19.3 Å². The van der Waals surface area contributed by atoms with E-state index in [-0.39, 0.29) is 5.82 Å². The normalized spacial score (nSPS) is 12.5. The molecule has 19 heavy (non-hydrogen) atoms. The number of nitrogens with one attached hydrogen (secondary N) is 1. The van der Waals surface area contributed by atoms with E-state index in [0.29, 0.717) is 5.92 Å². The van der Waals surface area contributed by atoms with Crippen molar-refractivity contribution >= 4 is 11.3 Å². The molecule has 1 aromatic carbocycles. The second kappa shape index (κ2) is 7.41. The monoisotopic (exact) mass is 277 g/mol. The van der Waals surface area contributed by atoms with Crippen LogP contribution in [-0.2, 0) is 12.8 Å². The van der Waals surface area contributed by atoms with Gasteiger partial charge in [0.2, 0.25) is 0 Å². The Kier molecular flexibility index (Phi) is 5.55. The highest BCUT2D eigenvalue weighted by atomic mass is 32.1. The Morgan fingerprint density at radius 3 is 2.79 bits per heavy atom. The largest absolute Gasteiger partial charge is 0.319 e. The number of aryl methyl sites for hydroxylation is 1. The van der Waals surface area contributed by atoms with Crippen LogP contribution in [0.1, 0.15) is 17.5 Å². The van der Waals surface area contributed by atoms with Crippen molar-refractivity contribution in [2.24, 2.45) is 5.92 Å². The topological polar surface area (TPSA) is 12.0 Å². The molecule has 0 radical (unpaired) electrons. The van der Waals surface area contributed by atoms with Crippen LogP contribution in [0.2, 0.25) is 0 Å². The Balaban J connectivity index is 1.94. The molecule has 1 heterocycles. The summed E-state index contributed by atoms with van der Waals surface area (Å²) in [5.41, 5.74) is 2.22. The summed E-state index contributed by atoms with van der Waals surface area (Å²) in [5.74, 6) is 0.390. The van der Waals surface area contributed by atoms with Gasteiger partial charge >= 0.3 is 0 Å². The minimum atomic E-state index is -0.0841. The lowest BCUT2D eigenvalue weighted by Gasteiger charge is -2.16. The molecule has 0 aliphatic rings. The van der Waals surface area contributed by atoms with E-state index in [1.807, 2.05) is 19.2 Å².